The highest BCUT2D eigenvalue weighted by Crippen LogP contribution is 2.60. The fraction of sp³-hybridized carbons (Fsp3) is 0.636. The Morgan fingerprint density at radius 2 is 2.20 bits per heavy atom. The van der Waals surface area contributed by atoms with Crippen molar-refractivity contribution in [2.45, 2.75) is 12.8 Å². The van der Waals surface area contributed by atoms with E-state index in [9.17, 15) is 9.59 Å². The third-order valence-corrected chi connectivity index (χ3v) is 3.44. The average Bonchev–Trinajstić information content (AvgIpc) is 2.74. The molecule has 4 nitrogen and oxygen atoms in total. The number of rotatable bonds is 4. The third kappa shape index (κ3) is 1.64. The van der Waals surface area contributed by atoms with Gasteiger partial charge in [-0.3, -0.25) is 9.59 Å². The second kappa shape index (κ2) is 3.68. The van der Waals surface area contributed by atoms with E-state index in [0.717, 1.165) is 6.42 Å². The predicted molar refractivity (Wildman–Crippen MR) is 52.0 cm³/mol. The number of esters is 1. The van der Waals surface area contributed by atoms with E-state index in [2.05, 4.69) is 6.58 Å². The largest absolute Gasteiger partial charge is 0.481 e. The lowest BCUT2D eigenvalue weighted by atomic mass is 10.0. The van der Waals surface area contributed by atoms with E-state index in [1.165, 1.54) is 6.08 Å². The van der Waals surface area contributed by atoms with Crippen molar-refractivity contribution in [1.82, 2.24) is 0 Å². The summed E-state index contributed by atoms with van der Waals surface area (Å²) in [4.78, 5) is 22.3. The lowest BCUT2D eigenvalue weighted by molar-refractivity contribution is -0.146. The van der Waals surface area contributed by atoms with Gasteiger partial charge in [0.1, 0.15) is 6.61 Å². The highest BCUT2D eigenvalue weighted by molar-refractivity contribution is 5.80. The van der Waals surface area contributed by atoms with Crippen molar-refractivity contribution in [3.63, 3.8) is 0 Å². The van der Waals surface area contributed by atoms with Gasteiger partial charge in [-0.2, -0.15) is 0 Å². The molecule has 2 rings (SSSR count). The molecule has 0 unspecified atom stereocenters. The van der Waals surface area contributed by atoms with Crippen LogP contribution in [0.3, 0.4) is 0 Å². The van der Waals surface area contributed by atoms with E-state index < -0.39 is 5.97 Å². The van der Waals surface area contributed by atoms with Gasteiger partial charge in [-0.25, -0.2) is 0 Å². The first-order chi connectivity index (χ1) is 7.16. The first-order valence-corrected chi connectivity index (χ1v) is 5.17. The van der Waals surface area contributed by atoms with Crippen LogP contribution in [0.5, 0.6) is 0 Å². The number of fused-ring (bicyclic) bond motifs is 1. The zero-order valence-corrected chi connectivity index (χ0v) is 8.39. The molecule has 0 radical (unpaired) electrons. The summed E-state index contributed by atoms with van der Waals surface area (Å²) < 4.78 is 4.93. The Kier molecular flexibility index (Phi) is 2.50. The van der Waals surface area contributed by atoms with Gasteiger partial charge >= 0.3 is 11.9 Å². The predicted octanol–water partition coefficient (Wildman–Crippen LogP) is 1.07. The first-order valence-electron chi connectivity index (χ1n) is 5.17. The zero-order chi connectivity index (χ0) is 11.0. The third-order valence-electron chi connectivity index (χ3n) is 3.44. The maximum Gasteiger partial charge on any atom is 0.309 e. The van der Waals surface area contributed by atoms with Crippen molar-refractivity contribution in [3.05, 3.63) is 12.7 Å². The second-order valence-electron chi connectivity index (χ2n) is 4.21. The molecule has 2 aliphatic carbocycles. The van der Waals surface area contributed by atoms with Gasteiger partial charge in [-0.05, 0) is 24.7 Å². The van der Waals surface area contributed by atoms with Crippen molar-refractivity contribution >= 4 is 11.9 Å². The van der Waals surface area contributed by atoms with Gasteiger partial charge < -0.3 is 9.84 Å². The van der Waals surface area contributed by atoms with Gasteiger partial charge in [0.05, 0.1) is 11.8 Å². The zero-order valence-electron chi connectivity index (χ0n) is 8.39. The molecule has 0 heterocycles. The van der Waals surface area contributed by atoms with Crippen molar-refractivity contribution in [2.75, 3.05) is 6.61 Å². The van der Waals surface area contributed by atoms with Gasteiger partial charge in [-0.1, -0.05) is 12.7 Å². The Morgan fingerprint density at radius 3 is 2.80 bits per heavy atom. The summed E-state index contributed by atoms with van der Waals surface area (Å²) in [6.45, 7) is 3.67. The minimum Gasteiger partial charge on any atom is -0.481 e. The van der Waals surface area contributed by atoms with Crippen LogP contribution in [0.15, 0.2) is 12.7 Å². The summed E-state index contributed by atoms with van der Waals surface area (Å²) in [7, 11) is 0. The number of aliphatic carboxylic acids is 1. The first kappa shape index (κ1) is 10.2. The number of hydrogen-bond acceptors (Lipinski definition) is 3. The summed E-state index contributed by atoms with van der Waals surface area (Å²) in [6, 6.07) is 0. The molecule has 0 saturated heterocycles. The molecule has 2 aliphatic rings. The number of carboxylic acid groups (broad SMARTS) is 1. The Balaban J connectivity index is 1.91. The van der Waals surface area contributed by atoms with Crippen molar-refractivity contribution in [3.8, 4) is 0 Å². The molecule has 2 fully saturated rings. The van der Waals surface area contributed by atoms with Crippen molar-refractivity contribution in [1.29, 1.82) is 0 Å². The standard InChI is InChI=1S/C11H14O4/c1-2-5-15-11(14)9-6-3-4-7(8(6)9)10(12)13/h2,6-9H,1,3-5H2,(H,12,13)/t6-,7-,8-,9+/m1/s1. The van der Waals surface area contributed by atoms with E-state index in [-0.39, 0.29) is 36.2 Å². The normalized spacial score (nSPS) is 36.8. The van der Waals surface area contributed by atoms with Crippen LogP contribution in [0.2, 0.25) is 0 Å². The van der Waals surface area contributed by atoms with E-state index >= 15 is 0 Å². The Bertz CT molecular complexity index is 310. The summed E-state index contributed by atoms with van der Waals surface area (Å²) in [5.74, 6) is -1.25. The van der Waals surface area contributed by atoms with E-state index in [1.807, 2.05) is 0 Å². The Labute approximate surface area is 87.9 Å². The maximum atomic E-state index is 11.5. The quantitative estimate of drug-likeness (QED) is 0.557. The van der Waals surface area contributed by atoms with Crippen LogP contribution in [0.25, 0.3) is 0 Å². The molecule has 15 heavy (non-hydrogen) atoms. The summed E-state index contributed by atoms with van der Waals surface area (Å²) in [5.41, 5.74) is 0. The lowest BCUT2D eigenvalue weighted by Crippen LogP contribution is -2.18. The fourth-order valence-corrected chi connectivity index (χ4v) is 2.74. The number of ether oxygens (including phenoxy) is 1. The molecule has 2 saturated carbocycles. The van der Waals surface area contributed by atoms with Gasteiger partial charge in [0.2, 0.25) is 0 Å². The molecule has 0 spiro atoms. The molecule has 0 aromatic rings. The van der Waals surface area contributed by atoms with Crippen LogP contribution < -0.4 is 0 Å². The molecule has 0 bridgehead atoms. The Morgan fingerprint density at radius 1 is 1.47 bits per heavy atom. The monoisotopic (exact) mass is 210 g/mol. The minimum absolute atomic E-state index is 0.0276. The van der Waals surface area contributed by atoms with E-state index in [4.69, 9.17) is 9.84 Å². The highest BCUT2D eigenvalue weighted by Gasteiger charge is 2.63. The smallest absolute Gasteiger partial charge is 0.309 e. The highest BCUT2D eigenvalue weighted by atomic mass is 16.5. The fourth-order valence-electron chi connectivity index (χ4n) is 2.74. The van der Waals surface area contributed by atoms with Crippen LogP contribution in [0, 0.1) is 23.7 Å². The number of carboxylic acids is 1. The molecular weight excluding hydrogens is 196 g/mol. The van der Waals surface area contributed by atoms with Gasteiger partial charge in [0, 0.05) is 0 Å². The second-order valence-corrected chi connectivity index (χ2v) is 4.21. The molecule has 0 amide bonds. The van der Waals surface area contributed by atoms with E-state index in [1.54, 1.807) is 0 Å². The van der Waals surface area contributed by atoms with Gasteiger partial charge in [-0.15, -0.1) is 0 Å². The average molecular weight is 210 g/mol. The van der Waals surface area contributed by atoms with Gasteiger partial charge in [0.15, 0.2) is 0 Å². The van der Waals surface area contributed by atoms with Crippen LogP contribution in [-0.2, 0) is 14.3 Å². The molecule has 1 N–H and O–H groups in total. The Hall–Kier alpha value is -1.32. The maximum absolute atomic E-state index is 11.5. The summed E-state index contributed by atoms with van der Waals surface area (Å²) in [6.07, 6.45) is 3.07. The van der Waals surface area contributed by atoms with Crippen LogP contribution in [-0.4, -0.2) is 23.7 Å². The molecule has 82 valence electrons. The van der Waals surface area contributed by atoms with Crippen molar-refractivity contribution < 1.29 is 19.4 Å². The number of carbonyl (C=O) groups is 2. The summed E-state index contributed by atoms with van der Waals surface area (Å²) >= 11 is 0. The van der Waals surface area contributed by atoms with Crippen LogP contribution in [0.1, 0.15) is 12.8 Å². The van der Waals surface area contributed by atoms with Crippen LogP contribution >= 0.6 is 0 Å². The molecule has 0 aliphatic heterocycles. The summed E-state index contributed by atoms with van der Waals surface area (Å²) in [5, 5.41) is 8.92. The van der Waals surface area contributed by atoms with Crippen LogP contribution in [0.4, 0.5) is 0 Å². The molecular formula is C11H14O4. The minimum atomic E-state index is -0.776. The molecule has 0 aromatic heterocycles. The molecule has 0 aromatic carbocycles. The van der Waals surface area contributed by atoms with E-state index in [0.29, 0.717) is 6.42 Å². The molecule has 4 heteroatoms. The lowest BCUT2D eigenvalue weighted by Gasteiger charge is -2.08. The number of carbonyl (C=O) groups excluding carboxylic acids is 1. The van der Waals surface area contributed by atoms with Gasteiger partial charge in [0.25, 0.3) is 0 Å². The topological polar surface area (TPSA) is 63.6 Å². The van der Waals surface area contributed by atoms with Crippen molar-refractivity contribution in [2.24, 2.45) is 23.7 Å². The SMILES string of the molecule is C=CCOC(=O)[C@H]1[C@@H]2CC[C@@H](C(=O)O)[C@@H]21. The number of hydrogen-bond donors (Lipinski definition) is 1. The molecule has 4 atom stereocenters.